The number of ether oxygens (including phenoxy) is 1. The zero-order valence-electron chi connectivity index (χ0n) is 14.8. The number of hydrogen-bond donors (Lipinski definition) is 2. The van der Waals surface area contributed by atoms with Crippen LogP contribution >= 0.6 is 0 Å². The Bertz CT molecular complexity index is 935. The Kier molecular flexibility index (Phi) is 6.63. The van der Waals surface area contributed by atoms with E-state index in [0.717, 1.165) is 18.4 Å². The predicted molar refractivity (Wildman–Crippen MR) is 95.7 cm³/mol. The van der Waals surface area contributed by atoms with Gasteiger partial charge in [-0.3, -0.25) is 4.79 Å². The lowest BCUT2D eigenvalue weighted by atomic mass is 9.98. The number of nitrogens with two attached hydrogens (primary N) is 1. The number of carbonyl (C=O) groups is 1. The lowest BCUT2D eigenvalue weighted by Crippen LogP contribution is -2.45. The third-order valence-electron chi connectivity index (χ3n) is 3.87. The summed E-state index contributed by atoms with van der Waals surface area (Å²) >= 11 is 0. The molecule has 3 N–H and O–H groups in total. The number of halogens is 2. The molecule has 2 atom stereocenters. The van der Waals surface area contributed by atoms with Gasteiger partial charge < -0.3 is 15.8 Å². The third-order valence-corrected chi connectivity index (χ3v) is 4.98. The fraction of sp³-hybridized carbons (Fsp3) is 0.278. The average molecular weight is 398 g/mol. The van der Waals surface area contributed by atoms with Crippen molar-refractivity contribution in [3.63, 3.8) is 0 Å². The number of benzene rings is 2. The molecule has 0 aromatic heterocycles. The number of rotatable bonds is 7. The molecule has 2 unspecified atom stereocenters. The molecule has 0 fully saturated rings. The molecule has 27 heavy (non-hydrogen) atoms. The summed E-state index contributed by atoms with van der Waals surface area (Å²) in [5.74, 6) is -2.71. The summed E-state index contributed by atoms with van der Waals surface area (Å²) in [5, 5.41) is 2.63. The summed E-state index contributed by atoms with van der Waals surface area (Å²) in [6, 6.07) is 7.09. The molecule has 9 heteroatoms. The van der Waals surface area contributed by atoms with E-state index in [1.54, 1.807) is 6.07 Å². The maximum absolute atomic E-state index is 13.7. The summed E-state index contributed by atoms with van der Waals surface area (Å²) in [6.07, 6.45) is 1.05. The van der Waals surface area contributed by atoms with Crippen molar-refractivity contribution in [3.05, 3.63) is 65.2 Å². The number of amides is 1. The number of hydrogen-bond acceptors (Lipinski definition) is 5. The van der Waals surface area contributed by atoms with Crippen LogP contribution in [0, 0.1) is 11.6 Å². The SMILES string of the molecule is COCC(N)C(=O)NC(c1cccc(S(C)(=O)=O)c1)c1ccc(F)c(F)c1. The first-order valence-electron chi connectivity index (χ1n) is 7.93. The minimum atomic E-state index is -3.50. The molecule has 2 aromatic rings. The molecule has 6 nitrogen and oxygen atoms in total. The Balaban J connectivity index is 2.49. The van der Waals surface area contributed by atoms with Gasteiger partial charge in [-0.1, -0.05) is 18.2 Å². The van der Waals surface area contributed by atoms with Crippen LogP contribution in [0.2, 0.25) is 0 Å². The van der Waals surface area contributed by atoms with Gasteiger partial charge >= 0.3 is 0 Å². The third kappa shape index (κ3) is 5.31. The Morgan fingerprint density at radius 3 is 2.41 bits per heavy atom. The fourth-order valence-corrected chi connectivity index (χ4v) is 3.16. The van der Waals surface area contributed by atoms with Crippen LogP contribution in [0.1, 0.15) is 17.2 Å². The topological polar surface area (TPSA) is 98.5 Å². The highest BCUT2D eigenvalue weighted by atomic mass is 32.2. The quantitative estimate of drug-likeness (QED) is 0.737. The number of nitrogens with one attached hydrogen (secondary N) is 1. The van der Waals surface area contributed by atoms with Crippen LogP contribution in [0.4, 0.5) is 8.78 Å². The molecule has 0 bridgehead atoms. The van der Waals surface area contributed by atoms with Gasteiger partial charge in [-0.05, 0) is 35.4 Å². The Morgan fingerprint density at radius 1 is 1.15 bits per heavy atom. The van der Waals surface area contributed by atoms with E-state index >= 15 is 0 Å². The first-order valence-corrected chi connectivity index (χ1v) is 9.82. The van der Waals surface area contributed by atoms with E-state index in [1.807, 2.05) is 0 Å². The van der Waals surface area contributed by atoms with Gasteiger partial charge in [0, 0.05) is 13.4 Å². The first kappa shape index (κ1) is 20.9. The molecule has 2 aromatic carbocycles. The zero-order chi connectivity index (χ0) is 20.2. The molecular formula is C18H20F2N2O4S. The van der Waals surface area contributed by atoms with Crippen LogP contribution in [0.25, 0.3) is 0 Å². The van der Waals surface area contributed by atoms with E-state index in [1.165, 1.54) is 31.4 Å². The molecule has 146 valence electrons. The molecule has 0 saturated heterocycles. The van der Waals surface area contributed by atoms with Crippen molar-refractivity contribution in [1.82, 2.24) is 5.32 Å². The predicted octanol–water partition coefficient (Wildman–Crippen LogP) is 1.55. The smallest absolute Gasteiger partial charge is 0.240 e. The fourth-order valence-electron chi connectivity index (χ4n) is 2.48. The van der Waals surface area contributed by atoms with Gasteiger partial charge in [0.15, 0.2) is 21.5 Å². The van der Waals surface area contributed by atoms with E-state index in [4.69, 9.17) is 10.5 Å². The second-order valence-corrected chi connectivity index (χ2v) is 8.04. The van der Waals surface area contributed by atoms with Crippen LogP contribution in [-0.2, 0) is 19.4 Å². The van der Waals surface area contributed by atoms with Gasteiger partial charge in [-0.2, -0.15) is 0 Å². The number of carbonyl (C=O) groups excluding carboxylic acids is 1. The summed E-state index contributed by atoms with van der Waals surface area (Å²) in [4.78, 5) is 12.4. The van der Waals surface area contributed by atoms with Gasteiger partial charge in [0.2, 0.25) is 5.91 Å². The van der Waals surface area contributed by atoms with Crippen molar-refractivity contribution < 1.29 is 26.7 Å². The molecule has 0 aliphatic carbocycles. The van der Waals surface area contributed by atoms with E-state index < -0.39 is 39.5 Å². The average Bonchev–Trinajstić information content (AvgIpc) is 2.61. The van der Waals surface area contributed by atoms with Gasteiger partial charge in [-0.25, -0.2) is 17.2 Å². The molecule has 0 aliphatic heterocycles. The van der Waals surface area contributed by atoms with Crippen LogP contribution in [0.5, 0.6) is 0 Å². The van der Waals surface area contributed by atoms with Crippen LogP contribution in [0.3, 0.4) is 0 Å². The van der Waals surface area contributed by atoms with Crippen molar-refractivity contribution in [2.45, 2.75) is 17.0 Å². The monoisotopic (exact) mass is 398 g/mol. The van der Waals surface area contributed by atoms with E-state index in [-0.39, 0.29) is 17.1 Å². The molecule has 0 radical (unpaired) electrons. The highest BCUT2D eigenvalue weighted by Gasteiger charge is 2.23. The van der Waals surface area contributed by atoms with Crippen LogP contribution in [0.15, 0.2) is 47.4 Å². The van der Waals surface area contributed by atoms with E-state index in [0.29, 0.717) is 5.56 Å². The molecular weight excluding hydrogens is 378 g/mol. The van der Waals surface area contributed by atoms with Crippen molar-refractivity contribution in [3.8, 4) is 0 Å². The summed E-state index contributed by atoms with van der Waals surface area (Å²) in [7, 11) is -2.12. The number of sulfone groups is 1. The van der Waals surface area contributed by atoms with Crippen LogP contribution < -0.4 is 11.1 Å². The normalized spacial score (nSPS) is 13.8. The standard InChI is InChI=1S/C18H20F2N2O4S/c1-26-10-16(21)18(23)22-17(12-6-7-14(19)15(20)9-12)11-4-3-5-13(8-11)27(2,24)25/h3-9,16-17H,10,21H2,1-2H3,(H,22,23). The van der Waals surface area contributed by atoms with Gasteiger partial charge in [0.05, 0.1) is 17.5 Å². The van der Waals surface area contributed by atoms with E-state index in [2.05, 4.69) is 5.32 Å². The minimum absolute atomic E-state index is 0.0306. The van der Waals surface area contributed by atoms with Crippen molar-refractivity contribution in [1.29, 1.82) is 0 Å². The lowest BCUT2D eigenvalue weighted by molar-refractivity contribution is -0.123. The number of methoxy groups -OCH3 is 1. The second kappa shape index (κ2) is 8.55. The molecule has 0 spiro atoms. The van der Waals surface area contributed by atoms with Gasteiger partial charge in [-0.15, -0.1) is 0 Å². The maximum Gasteiger partial charge on any atom is 0.240 e. The maximum atomic E-state index is 13.7. The highest BCUT2D eigenvalue weighted by Crippen LogP contribution is 2.26. The van der Waals surface area contributed by atoms with Crippen molar-refractivity contribution in [2.24, 2.45) is 5.73 Å². The zero-order valence-corrected chi connectivity index (χ0v) is 15.6. The minimum Gasteiger partial charge on any atom is -0.383 e. The molecule has 2 rings (SSSR count). The van der Waals surface area contributed by atoms with Gasteiger partial charge in [0.25, 0.3) is 0 Å². The largest absolute Gasteiger partial charge is 0.383 e. The molecule has 0 saturated carbocycles. The first-order chi connectivity index (χ1) is 12.6. The molecule has 1 amide bonds. The summed E-state index contributed by atoms with van der Waals surface area (Å²) in [6.45, 7) is -0.0420. The van der Waals surface area contributed by atoms with Crippen molar-refractivity contribution in [2.75, 3.05) is 20.0 Å². The Labute approximate surface area is 156 Å². The van der Waals surface area contributed by atoms with Crippen LogP contribution in [-0.4, -0.2) is 40.3 Å². The lowest BCUT2D eigenvalue weighted by Gasteiger charge is -2.22. The Hall–Kier alpha value is -2.36. The van der Waals surface area contributed by atoms with Crippen molar-refractivity contribution >= 4 is 15.7 Å². The second-order valence-electron chi connectivity index (χ2n) is 6.02. The van der Waals surface area contributed by atoms with Gasteiger partial charge in [0.1, 0.15) is 6.04 Å². The van der Waals surface area contributed by atoms with E-state index in [9.17, 15) is 22.0 Å². The Morgan fingerprint density at radius 2 is 1.81 bits per heavy atom. The summed E-state index contributed by atoms with van der Waals surface area (Å²) in [5.41, 5.74) is 6.33. The highest BCUT2D eigenvalue weighted by molar-refractivity contribution is 7.90. The molecule has 0 aliphatic rings. The summed E-state index contributed by atoms with van der Waals surface area (Å²) < 4.78 is 55.5. The molecule has 0 heterocycles.